The second-order valence-electron chi connectivity index (χ2n) is 10.00. The molecule has 7 aromatic rings. The van der Waals surface area contributed by atoms with E-state index in [1.165, 1.54) is 0 Å². The van der Waals surface area contributed by atoms with Crippen LogP contribution in [0, 0.1) is 0 Å². The summed E-state index contributed by atoms with van der Waals surface area (Å²) in [4.78, 5) is 36.8. The van der Waals surface area contributed by atoms with Gasteiger partial charge in [0.25, 0.3) is 0 Å². The number of nitrogens with zero attached hydrogens (tertiary/aromatic N) is 6. The molecule has 2 aliphatic rings. The molecule has 0 saturated carbocycles. The third-order valence-electron chi connectivity index (χ3n) is 7.46. The fraction of sp³-hybridized carbons (Fsp3) is 0. The maximum atomic E-state index is 8.44. The van der Waals surface area contributed by atoms with E-state index >= 15 is 0 Å². The molecule has 2 N–H and O–H groups in total. The van der Waals surface area contributed by atoms with Gasteiger partial charge in [-0.15, -0.1) is 11.4 Å². The summed E-state index contributed by atoms with van der Waals surface area (Å²) in [7, 11) is 0. The average molecular weight is 654 g/mol. The van der Waals surface area contributed by atoms with Gasteiger partial charge >= 0.3 is 16.8 Å². The molecular formula is C32H18CoN8O3S. The summed E-state index contributed by atoms with van der Waals surface area (Å²) in [6, 6.07) is 32.2. The van der Waals surface area contributed by atoms with Crippen molar-refractivity contribution in [3.8, 4) is 45.6 Å². The van der Waals surface area contributed by atoms with Crippen molar-refractivity contribution in [2.75, 3.05) is 0 Å². The topological polar surface area (TPSA) is 172 Å². The van der Waals surface area contributed by atoms with E-state index < -0.39 is 11.4 Å². The van der Waals surface area contributed by atoms with Gasteiger partial charge in [-0.3, -0.25) is 4.21 Å². The van der Waals surface area contributed by atoms with Gasteiger partial charge in [0.05, 0.1) is 0 Å². The molecular weight excluding hydrogens is 635 g/mol. The number of aromatic amines is 2. The first-order valence-corrected chi connectivity index (χ1v) is 14.5. The van der Waals surface area contributed by atoms with E-state index in [4.69, 9.17) is 43.2 Å². The molecule has 11 nitrogen and oxygen atoms in total. The quantitative estimate of drug-likeness (QED) is 0.190. The van der Waals surface area contributed by atoms with Gasteiger partial charge in [0.15, 0.2) is 23.3 Å². The zero-order valence-electron chi connectivity index (χ0n) is 22.9. The monoisotopic (exact) mass is 653 g/mol. The van der Waals surface area contributed by atoms with Crippen LogP contribution in [0.4, 0.5) is 0 Å². The summed E-state index contributed by atoms with van der Waals surface area (Å²) in [5.41, 5.74) is 6.45. The minimum absolute atomic E-state index is 0. The van der Waals surface area contributed by atoms with Gasteiger partial charge in [0, 0.05) is 43.8 Å². The molecule has 3 aromatic heterocycles. The molecule has 1 radical (unpaired) electrons. The van der Waals surface area contributed by atoms with Crippen molar-refractivity contribution in [3.63, 3.8) is 0 Å². The Labute approximate surface area is 267 Å². The number of aromatic nitrogens is 8. The predicted molar refractivity (Wildman–Crippen MR) is 166 cm³/mol. The Bertz CT molecular complexity index is 2150. The second kappa shape index (κ2) is 11.4. The Kier molecular flexibility index (Phi) is 7.23. The molecule has 0 aliphatic carbocycles. The molecule has 45 heavy (non-hydrogen) atoms. The molecule has 0 atom stereocenters. The van der Waals surface area contributed by atoms with Crippen LogP contribution < -0.4 is 0 Å². The smallest absolute Gasteiger partial charge is 0.784 e. The first-order valence-electron chi connectivity index (χ1n) is 13.5. The number of hydrogen-bond acceptors (Lipinski definition) is 9. The van der Waals surface area contributed by atoms with Crippen molar-refractivity contribution in [2.24, 2.45) is 0 Å². The van der Waals surface area contributed by atoms with E-state index in [0.29, 0.717) is 45.9 Å². The van der Waals surface area contributed by atoms with E-state index in [9.17, 15) is 0 Å². The molecule has 5 heterocycles. The molecule has 219 valence electrons. The number of nitrogens with one attached hydrogen (secondary N) is 2. The zero-order valence-corrected chi connectivity index (χ0v) is 24.7. The van der Waals surface area contributed by atoms with Crippen LogP contribution in [0.15, 0.2) is 97.1 Å². The number of H-pyrrole nitrogens is 2. The number of fused-ring (bicyclic) bond motifs is 20. The standard InChI is InChI=1S/C32H18N8.Co.H2O3S/c1-2-10-18-17(9-1)25-33-26(18)38-28-21-13-5-6-14-22(21)30(35-28)40-32-24-16-8-7-15-23(24)31(36-32)39-29-20-12-4-3-11-19(20)27(34-29)37-25;;1-4(2)3/h1-16H,(H2,33,34,35,36,37,38,39,40);;(H2,1,2,3)/q;+2;/p-2. The van der Waals surface area contributed by atoms with Gasteiger partial charge < -0.3 is 19.1 Å². The van der Waals surface area contributed by atoms with Crippen LogP contribution in [0.25, 0.3) is 89.7 Å². The first kappa shape index (κ1) is 28.6. The summed E-state index contributed by atoms with van der Waals surface area (Å²) < 4.78 is 25.3. The van der Waals surface area contributed by atoms with Crippen molar-refractivity contribution >= 4 is 55.5 Å². The van der Waals surface area contributed by atoms with Crippen molar-refractivity contribution in [3.05, 3.63) is 97.1 Å². The normalized spacial score (nSPS) is 11.4. The fourth-order valence-electron chi connectivity index (χ4n) is 5.59. The molecule has 2 aliphatic heterocycles. The Morgan fingerprint density at radius 2 is 0.644 bits per heavy atom. The van der Waals surface area contributed by atoms with E-state index in [1.54, 1.807) is 0 Å². The van der Waals surface area contributed by atoms with Crippen LogP contribution in [0.3, 0.4) is 0 Å². The molecule has 0 saturated heterocycles. The van der Waals surface area contributed by atoms with Gasteiger partial charge in [0.2, 0.25) is 0 Å². The molecule has 9 rings (SSSR count). The molecule has 0 unspecified atom stereocenters. The van der Waals surface area contributed by atoms with Crippen molar-refractivity contribution in [1.29, 1.82) is 0 Å². The number of rotatable bonds is 0. The van der Waals surface area contributed by atoms with Crippen molar-refractivity contribution < 1.29 is 30.1 Å². The average Bonchev–Trinajstić information content (AvgIpc) is 3.76. The van der Waals surface area contributed by atoms with Crippen LogP contribution in [0.5, 0.6) is 0 Å². The molecule has 8 bridgehead atoms. The van der Waals surface area contributed by atoms with Crippen LogP contribution in [0.1, 0.15) is 0 Å². The SMILES string of the molecule is O=S([O-])[O-].[Co+2].c1ccc2c(c1)-c1nc-2nc2[nH]c(nc3nc(nc4[nH]c(n1)c1ccccc41)-c1ccccc1-3)c1ccccc21. The van der Waals surface area contributed by atoms with Gasteiger partial charge in [0.1, 0.15) is 22.6 Å². The van der Waals surface area contributed by atoms with Gasteiger partial charge in [-0.05, 0) is 0 Å². The number of benzene rings is 4. The third kappa shape index (κ3) is 4.98. The predicted octanol–water partition coefficient (Wildman–Crippen LogP) is 5.86. The Balaban J connectivity index is 0.000000617. The Morgan fingerprint density at radius 1 is 0.422 bits per heavy atom. The molecule has 13 heteroatoms. The summed E-state index contributed by atoms with van der Waals surface area (Å²) in [6.45, 7) is 0. The van der Waals surface area contributed by atoms with Crippen LogP contribution in [-0.4, -0.2) is 53.2 Å². The largest absolute Gasteiger partial charge is 2.00 e. The first-order chi connectivity index (χ1) is 21.5. The second-order valence-corrected chi connectivity index (χ2v) is 10.4. The van der Waals surface area contributed by atoms with E-state index in [1.807, 2.05) is 97.1 Å². The zero-order chi connectivity index (χ0) is 29.8. The fourth-order valence-corrected chi connectivity index (χ4v) is 5.59. The summed E-state index contributed by atoms with van der Waals surface area (Å²) in [6.07, 6.45) is 0. The molecule has 0 spiro atoms. The number of hydrogen-bond donors (Lipinski definition) is 2. The minimum atomic E-state index is -3.11. The van der Waals surface area contributed by atoms with Gasteiger partial charge in [-0.25, -0.2) is 29.9 Å². The molecule has 0 fully saturated rings. The third-order valence-corrected chi connectivity index (χ3v) is 7.46. The maximum absolute atomic E-state index is 8.44. The van der Waals surface area contributed by atoms with Gasteiger partial charge in [-0.1, -0.05) is 97.1 Å². The van der Waals surface area contributed by atoms with Crippen molar-refractivity contribution in [2.45, 2.75) is 0 Å². The molecule has 4 aromatic carbocycles. The maximum Gasteiger partial charge on any atom is 2.00 e. The van der Waals surface area contributed by atoms with E-state index in [2.05, 4.69) is 9.97 Å². The van der Waals surface area contributed by atoms with Crippen molar-refractivity contribution in [1.82, 2.24) is 39.9 Å². The minimum Gasteiger partial charge on any atom is -0.784 e. The van der Waals surface area contributed by atoms with Gasteiger partial charge in [-0.2, -0.15) is 0 Å². The Hall–Kier alpha value is -5.18. The van der Waals surface area contributed by atoms with Crippen LogP contribution in [-0.2, 0) is 28.1 Å². The van der Waals surface area contributed by atoms with Crippen LogP contribution in [0.2, 0.25) is 0 Å². The van der Waals surface area contributed by atoms with E-state index in [0.717, 1.165) is 43.8 Å². The summed E-state index contributed by atoms with van der Waals surface area (Å²) >= 11 is -3.11. The van der Waals surface area contributed by atoms with E-state index in [-0.39, 0.29) is 16.8 Å². The summed E-state index contributed by atoms with van der Waals surface area (Å²) in [5, 5.41) is 3.82. The summed E-state index contributed by atoms with van der Waals surface area (Å²) in [5.74, 6) is 2.39. The Morgan fingerprint density at radius 3 is 0.889 bits per heavy atom. The molecule has 0 amide bonds. The van der Waals surface area contributed by atoms with Crippen LogP contribution >= 0.6 is 0 Å².